The van der Waals surface area contributed by atoms with Crippen LogP contribution in [0.25, 0.3) is 16.6 Å². The molecule has 0 unspecified atom stereocenters. The van der Waals surface area contributed by atoms with E-state index >= 15 is 0 Å². The lowest BCUT2D eigenvalue weighted by Gasteiger charge is -2.15. The van der Waals surface area contributed by atoms with Gasteiger partial charge in [0.1, 0.15) is 5.82 Å². The largest absolute Gasteiger partial charge is 0.398 e. The molecule has 3 nitrogen and oxygen atoms in total. The monoisotopic (exact) mass is 341 g/mol. The number of nitrogens with two attached hydrogens (primary N) is 1. The van der Waals surface area contributed by atoms with Crippen molar-refractivity contribution in [2.24, 2.45) is 0 Å². The number of aryl methyl sites for hydroxylation is 2. The molecule has 3 aromatic rings. The van der Waals surface area contributed by atoms with Crippen LogP contribution in [0.5, 0.6) is 0 Å². The Morgan fingerprint density at radius 1 is 1.16 bits per heavy atom. The maximum Gasteiger partial charge on any atom is 0.214 e. The van der Waals surface area contributed by atoms with Crippen molar-refractivity contribution in [3.05, 3.63) is 58.5 Å². The Morgan fingerprint density at radius 3 is 2.40 bits per heavy atom. The number of aromatic nitrogens is 1. The summed E-state index contributed by atoms with van der Waals surface area (Å²) in [5, 5.41) is 8.24. The zero-order valence-corrected chi connectivity index (χ0v) is 14.7. The van der Waals surface area contributed by atoms with Crippen molar-refractivity contribution in [1.82, 2.24) is 4.57 Å². The van der Waals surface area contributed by atoms with Gasteiger partial charge in [0.25, 0.3) is 0 Å². The number of hydrogen-bond acceptors (Lipinski definition) is 2. The second-order valence-corrected chi connectivity index (χ2v) is 6.70. The summed E-state index contributed by atoms with van der Waals surface area (Å²) in [5.74, 6) is -1.13. The second kappa shape index (κ2) is 5.99. The summed E-state index contributed by atoms with van der Waals surface area (Å²) < 4.78 is 29.3. The van der Waals surface area contributed by atoms with Crippen LogP contribution >= 0.6 is 0 Å². The van der Waals surface area contributed by atoms with Crippen LogP contribution in [0.3, 0.4) is 0 Å². The van der Waals surface area contributed by atoms with E-state index < -0.39 is 5.97 Å². The van der Waals surface area contributed by atoms with Gasteiger partial charge in [-0.1, -0.05) is 13.8 Å². The van der Waals surface area contributed by atoms with Gasteiger partial charge in [0, 0.05) is 22.5 Å². The third-order valence-corrected chi connectivity index (χ3v) is 4.62. The summed E-state index contributed by atoms with van der Waals surface area (Å²) in [4.78, 5) is 0. The Bertz CT molecular complexity index is 1000. The minimum atomic E-state index is -1.06. The first kappa shape index (κ1) is 17.1. The molecule has 3 N–H and O–H groups in total. The van der Waals surface area contributed by atoms with Crippen molar-refractivity contribution in [2.75, 3.05) is 5.73 Å². The fourth-order valence-corrected chi connectivity index (χ4v) is 3.45. The average Bonchev–Trinajstić information content (AvgIpc) is 2.81. The summed E-state index contributed by atoms with van der Waals surface area (Å²) in [7, 11) is 0. The van der Waals surface area contributed by atoms with Crippen LogP contribution in [0.2, 0.25) is 0 Å². The van der Waals surface area contributed by atoms with Gasteiger partial charge in [-0.2, -0.15) is 4.39 Å². The van der Waals surface area contributed by atoms with Crippen molar-refractivity contribution in [3.8, 4) is 5.69 Å². The van der Waals surface area contributed by atoms with Gasteiger partial charge >= 0.3 is 0 Å². The van der Waals surface area contributed by atoms with Crippen LogP contribution in [0, 0.1) is 25.1 Å². The summed E-state index contributed by atoms with van der Waals surface area (Å²) in [6, 6.07) is 8.24. The highest BCUT2D eigenvalue weighted by molar-refractivity contribution is 6.02. The third kappa shape index (κ3) is 2.69. The molecular formula is C20H21F2N3. The van der Waals surface area contributed by atoms with Crippen LogP contribution in [-0.4, -0.2) is 10.5 Å². The summed E-state index contributed by atoms with van der Waals surface area (Å²) in [5.41, 5.74) is 10.5. The third-order valence-electron chi connectivity index (χ3n) is 4.62. The van der Waals surface area contributed by atoms with Crippen molar-refractivity contribution in [1.29, 1.82) is 5.41 Å². The Hall–Kier alpha value is -2.69. The second-order valence-electron chi connectivity index (χ2n) is 6.70. The number of nitrogens with one attached hydrogen (secondary N) is 1. The van der Waals surface area contributed by atoms with Gasteiger partial charge in [-0.3, -0.25) is 5.41 Å². The maximum atomic E-state index is 13.7. The van der Waals surface area contributed by atoms with E-state index in [9.17, 15) is 8.78 Å². The predicted octanol–water partition coefficient (Wildman–Crippen LogP) is 5.39. The van der Waals surface area contributed by atoms with Crippen LogP contribution in [0.1, 0.15) is 42.1 Å². The summed E-state index contributed by atoms with van der Waals surface area (Å²) in [6.07, 6.45) is 0. The quantitative estimate of drug-likeness (QED) is 0.487. The van der Waals surface area contributed by atoms with Crippen LogP contribution in [-0.2, 0) is 0 Å². The molecule has 0 aliphatic carbocycles. The van der Waals surface area contributed by atoms with E-state index in [0.717, 1.165) is 27.8 Å². The molecule has 130 valence electrons. The zero-order valence-electron chi connectivity index (χ0n) is 14.7. The Balaban J connectivity index is 2.46. The molecule has 1 heterocycles. The fraction of sp³-hybridized carbons (Fsp3) is 0.250. The standard InChI is InChI=1S/C20H21F2N3/c1-10(2)19-12(4)14-8-17(23)15(20(22)24)9-18(14)25(19)13-5-6-16(21)11(3)7-13/h5-10,24H,23H2,1-4H3. The molecule has 0 saturated heterocycles. The Labute approximate surface area is 145 Å². The Kier molecular flexibility index (Phi) is 4.11. The predicted molar refractivity (Wildman–Crippen MR) is 99.1 cm³/mol. The molecule has 0 fully saturated rings. The molecule has 0 saturated carbocycles. The number of hydrogen-bond donors (Lipinski definition) is 2. The van der Waals surface area contributed by atoms with Gasteiger partial charge in [-0.15, -0.1) is 0 Å². The molecule has 0 aliphatic heterocycles. The summed E-state index contributed by atoms with van der Waals surface area (Å²) >= 11 is 0. The highest BCUT2D eigenvalue weighted by Crippen LogP contribution is 2.36. The maximum absolute atomic E-state index is 13.7. The molecular weight excluding hydrogens is 320 g/mol. The molecule has 0 radical (unpaired) electrons. The van der Waals surface area contributed by atoms with E-state index in [1.54, 1.807) is 31.2 Å². The van der Waals surface area contributed by atoms with E-state index in [1.165, 1.54) is 6.07 Å². The number of nitrogens with zero attached hydrogens (tertiary/aromatic N) is 1. The molecule has 5 heteroatoms. The SMILES string of the molecule is Cc1cc(-n2c(C(C)C)c(C)c3cc(N)c(C(=N)F)cc32)ccc1F. The minimum absolute atomic E-state index is 0.0698. The number of benzene rings is 2. The molecule has 1 aromatic heterocycles. The van der Waals surface area contributed by atoms with E-state index in [2.05, 4.69) is 13.8 Å². The van der Waals surface area contributed by atoms with E-state index in [4.69, 9.17) is 11.1 Å². The molecule has 3 rings (SSSR count). The molecule has 0 amide bonds. The van der Waals surface area contributed by atoms with Gasteiger partial charge in [-0.05, 0) is 61.2 Å². The first-order valence-electron chi connectivity index (χ1n) is 8.17. The number of halogens is 2. The number of fused-ring (bicyclic) bond motifs is 1. The van der Waals surface area contributed by atoms with E-state index in [0.29, 0.717) is 5.56 Å². The van der Waals surface area contributed by atoms with Crippen molar-refractivity contribution < 1.29 is 8.78 Å². The lowest BCUT2D eigenvalue weighted by Crippen LogP contribution is -2.04. The molecule has 0 aliphatic rings. The van der Waals surface area contributed by atoms with Crippen LogP contribution < -0.4 is 5.73 Å². The normalized spacial score (nSPS) is 11.5. The molecule has 0 bridgehead atoms. The molecule has 0 spiro atoms. The first-order chi connectivity index (χ1) is 11.7. The van der Waals surface area contributed by atoms with Crippen molar-refractivity contribution in [2.45, 2.75) is 33.6 Å². The first-order valence-corrected chi connectivity index (χ1v) is 8.17. The Morgan fingerprint density at radius 2 is 1.84 bits per heavy atom. The van der Waals surface area contributed by atoms with Gasteiger partial charge in [-0.25, -0.2) is 4.39 Å². The van der Waals surface area contributed by atoms with Gasteiger partial charge in [0.2, 0.25) is 5.97 Å². The van der Waals surface area contributed by atoms with Crippen molar-refractivity contribution in [3.63, 3.8) is 0 Å². The average molecular weight is 341 g/mol. The zero-order chi connectivity index (χ0) is 18.5. The van der Waals surface area contributed by atoms with Crippen LogP contribution in [0.15, 0.2) is 30.3 Å². The number of anilines is 1. The van der Waals surface area contributed by atoms with Gasteiger partial charge < -0.3 is 10.3 Å². The van der Waals surface area contributed by atoms with E-state index in [1.807, 2.05) is 11.5 Å². The van der Waals surface area contributed by atoms with Crippen molar-refractivity contribution >= 4 is 22.6 Å². The van der Waals surface area contributed by atoms with Gasteiger partial charge in [0.05, 0.1) is 11.1 Å². The topological polar surface area (TPSA) is 54.8 Å². The highest BCUT2D eigenvalue weighted by Gasteiger charge is 2.20. The van der Waals surface area contributed by atoms with Gasteiger partial charge in [0.15, 0.2) is 0 Å². The summed E-state index contributed by atoms with van der Waals surface area (Å²) in [6.45, 7) is 7.88. The molecule has 2 aromatic carbocycles. The van der Waals surface area contributed by atoms with E-state index in [-0.39, 0.29) is 23.0 Å². The molecule has 25 heavy (non-hydrogen) atoms. The van der Waals surface area contributed by atoms with Crippen LogP contribution in [0.4, 0.5) is 14.5 Å². The number of rotatable bonds is 3. The fourth-order valence-electron chi connectivity index (χ4n) is 3.45. The lowest BCUT2D eigenvalue weighted by atomic mass is 10.0. The number of nitrogen functional groups attached to an aromatic ring is 1. The lowest BCUT2D eigenvalue weighted by molar-refractivity contribution is 0.618. The highest BCUT2D eigenvalue weighted by atomic mass is 19.1. The molecule has 0 atom stereocenters. The smallest absolute Gasteiger partial charge is 0.214 e. The minimum Gasteiger partial charge on any atom is -0.398 e.